The average molecular weight is 403 g/mol. The molecule has 2 aromatic heterocycles. The van der Waals surface area contributed by atoms with Crippen LogP contribution in [0.2, 0.25) is 0 Å². The number of aromatic amines is 1. The fraction of sp³-hybridized carbons (Fsp3) is 0.182. The standard InChI is InChI=1S/C22H22N6S/c1-15-9-11-18(12-10-15)14-27-17(3)20(16(2)26-27)13-23-28-21(24-25-22(28)29)19-7-5-4-6-8-19/h4-13H,14H2,1-3H3,(H,25,29)/b23-13+. The molecule has 0 fully saturated rings. The van der Waals surface area contributed by atoms with Crippen LogP contribution in [0, 0.1) is 25.5 Å². The van der Waals surface area contributed by atoms with Gasteiger partial charge in [-0.2, -0.15) is 20.0 Å². The van der Waals surface area contributed by atoms with E-state index in [1.807, 2.05) is 41.9 Å². The molecule has 4 aromatic rings. The Hall–Kier alpha value is -3.32. The van der Waals surface area contributed by atoms with Gasteiger partial charge < -0.3 is 0 Å². The number of aryl methyl sites for hydroxylation is 2. The van der Waals surface area contributed by atoms with Gasteiger partial charge in [-0.3, -0.25) is 4.68 Å². The fourth-order valence-electron chi connectivity index (χ4n) is 3.21. The summed E-state index contributed by atoms with van der Waals surface area (Å²) in [5, 5.41) is 16.5. The van der Waals surface area contributed by atoms with Gasteiger partial charge in [0, 0.05) is 16.8 Å². The summed E-state index contributed by atoms with van der Waals surface area (Å²) in [5.74, 6) is 0.675. The minimum Gasteiger partial charge on any atom is -0.265 e. The molecule has 6 nitrogen and oxygen atoms in total. The highest BCUT2D eigenvalue weighted by Crippen LogP contribution is 2.18. The zero-order valence-corrected chi connectivity index (χ0v) is 17.4. The van der Waals surface area contributed by atoms with Crippen molar-refractivity contribution in [2.75, 3.05) is 0 Å². The third-order valence-corrected chi connectivity index (χ3v) is 5.14. The summed E-state index contributed by atoms with van der Waals surface area (Å²) >= 11 is 5.37. The SMILES string of the molecule is Cc1ccc(Cn2nc(C)c(/C=N/n3c(-c4ccccc4)n[nH]c3=S)c2C)cc1. The van der Waals surface area contributed by atoms with Crippen LogP contribution in [0.1, 0.15) is 28.1 Å². The number of aromatic nitrogens is 5. The van der Waals surface area contributed by atoms with Crippen molar-refractivity contribution < 1.29 is 0 Å². The highest BCUT2D eigenvalue weighted by Gasteiger charge is 2.12. The molecule has 4 rings (SSSR count). The summed E-state index contributed by atoms with van der Waals surface area (Å²) in [6.45, 7) is 6.86. The third-order valence-electron chi connectivity index (χ3n) is 4.88. The van der Waals surface area contributed by atoms with Crippen molar-refractivity contribution >= 4 is 18.4 Å². The third kappa shape index (κ3) is 3.95. The molecular formula is C22H22N6S. The number of nitrogens with zero attached hydrogens (tertiary/aromatic N) is 5. The Morgan fingerprint density at radius 2 is 1.76 bits per heavy atom. The van der Waals surface area contributed by atoms with Crippen molar-refractivity contribution in [3.8, 4) is 11.4 Å². The Balaban J connectivity index is 1.65. The van der Waals surface area contributed by atoms with Gasteiger partial charge in [0.1, 0.15) is 0 Å². The zero-order valence-electron chi connectivity index (χ0n) is 16.6. The molecule has 0 unspecified atom stereocenters. The topological polar surface area (TPSA) is 63.8 Å². The molecule has 146 valence electrons. The van der Waals surface area contributed by atoms with E-state index in [0.29, 0.717) is 10.6 Å². The van der Waals surface area contributed by atoms with Crippen LogP contribution in [0.25, 0.3) is 11.4 Å². The van der Waals surface area contributed by atoms with Crippen molar-refractivity contribution in [2.24, 2.45) is 5.10 Å². The van der Waals surface area contributed by atoms with Crippen LogP contribution in [0.3, 0.4) is 0 Å². The molecule has 2 heterocycles. The van der Waals surface area contributed by atoms with Crippen molar-refractivity contribution in [1.82, 2.24) is 24.7 Å². The van der Waals surface area contributed by atoms with Gasteiger partial charge >= 0.3 is 0 Å². The second kappa shape index (κ2) is 7.97. The lowest BCUT2D eigenvalue weighted by Crippen LogP contribution is -2.04. The number of hydrogen-bond acceptors (Lipinski definition) is 4. The van der Waals surface area contributed by atoms with E-state index in [1.165, 1.54) is 11.1 Å². The summed E-state index contributed by atoms with van der Waals surface area (Å²) in [5.41, 5.74) is 6.38. The maximum absolute atomic E-state index is 5.37. The van der Waals surface area contributed by atoms with Gasteiger partial charge in [0.25, 0.3) is 0 Å². The van der Waals surface area contributed by atoms with Crippen molar-refractivity contribution in [3.05, 3.63) is 87.4 Å². The summed E-state index contributed by atoms with van der Waals surface area (Å²) in [6.07, 6.45) is 1.81. The number of rotatable bonds is 5. The van der Waals surface area contributed by atoms with Crippen LogP contribution < -0.4 is 0 Å². The number of nitrogens with one attached hydrogen (secondary N) is 1. The molecule has 0 saturated heterocycles. The quantitative estimate of drug-likeness (QED) is 0.390. The van der Waals surface area contributed by atoms with E-state index in [0.717, 1.165) is 29.1 Å². The molecule has 2 aromatic carbocycles. The van der Waals surface area contributed by atoms with Gasteiger partial charge in [-0.25, -0.2) is 5.10 Å². The van der Waals surface area contributed by atoms with E-state index in [-0.39, 0.29) is 0 Å². The van der Waals surface area contributed by atoms with E-state index in [9.17, 15) is 0 Å². The maximum atomic E-state index is 5.37. The van der Waals surface area contributed by atoms with E-state index < -0.39 is 0 Å². The molecule has 0 saturated carbocycles. The first-order chi connectivity index (χ1) is 14.0. The van der Waals surface area contributed by atoms with Crippen LogP contribution in [-0.4, -0.2) is 30.9 Å². The smallest absolute Gasteiger partial charge is 0.216 e. The normalized spacial score (nSPS) is 11.4. The minimum atomic E-state index is 0.447. The molecular weight excluding hydrogens is 380 g/mol. The Morgan fingerprint density at radius 3 is 2.48 bits per heavy atom. The molecule has 0 radical (unpaired) electrons. The lowest BCUT2D eigenvalue weighted by atomic mass is 10.1. The van der Waals surface area contributed by atoms with Crippen LogP contribution >= 0.6 is 12.2 Å². The van der Waals surface area contributed by atoms with Gasteiger partial charge in [-0.05, 0) is 38.6 Å². The van der Waals surface area contributed by atoms with Crippen molar-refractivity contribution in [3.63, 3.8) is 0 Å². The van der Waals surface area contributed by atoms with Crippen LogP contribution in [-0.2, 0) is 6.54 Å². The highest BCUT2D eigenvalue weighted by molar-refractivity contribution is 7.71. The van der Waals surface area contributed by atoms with E-state index >= 15 is 0 Å². The molecule has 0 aliphatic rings. The molecule has 0 amide bonds. The summed E-state index contributed by atoms with van der Waals surface area (Å²) in [6, 6.07) is 18.4. The molecule has 7 heteroatoms. The number of benzene rings is 2. The first kappa shape index (κ1) is 19.0. The summed E-state index contributed by atoms with van der Waals surface area (Å²) in [7, 11) is 0. The molecule has 0 spiro atoms. The zero-order chi connectivity index (χ0) is 20.4. The van der Waals surface area contributed by atoms with E-state index in [4.69, 9.17) is 17.3 Å². The molecule has 29 heavy (non-hydrogen) atoms. The first-order valence-corrected chi connectivity index (χ1v) is 9.80. The van der Waals surface area contributed by atoms with Gasteiger partial charge in [-0.15, -0.1) is 0 Å². The Bertz CT molecular complexity index is 1210. The largest absolute Gasteiger partial charge is 0.265 e. The average Bonchev–Trinajstić information content (AvgIpc) is 3.22. The second-order valence-corrected chi connectivity index (χ2v) is 7.39. The van der Waals surface area contributed by atoms with Crippen molar-refractivity contribution in [1.29, 1.82) is 0 Å². The Kier molecular flexibility index (Phi) is 5.22. The lowest BCUT2D eigenvalue weighted by molar-refractivity contribution is 0.659. The van der Waals surface area contributed by atoms with Gasteiger partial charge in [-0.1, -0.05) is 60.2 Å². The molecule has 0 bridgehead atoms. The Morgan fingerprint density at radius 1 is 1.03 bits per heavy atom. The van der Waals surface area contributed by atoms with Gasteiger partial charge in [0.05, 0.1) is 18.5 Å². The predicted octanol–water partition coefficient (Wildman–Crippen LogP) is 4.66. The van der Waals surface area contributed by atoms with Crippen LogP contribution in [0.4, 0.5) is 0 Å². The lowest BCUT2D eigenvalue weighted by Gasteiger charge is -2.05. The summed E-state index contributed by atoms with van der Waals surface area (Å²) in [4.78, 5) is 0. The second-order valence-electron chi connectivity index (χ2n) is 7.00. The van der Waals surface area contributed by atoms with Gasteiger partial charge in [0.15, 0.2) is 5.82 Å². The molecule has 0 atom stereocenters. The molecule has 0 aliphatic carbocycles. The van der Waals surface area contributed by atoms with E-state index in [2.05, 4.69) is 53.4 Å². The monoisotopic (exact) mass is 402 g/mol. The maximum Gasteiger partial charge on any atom is 0.216 e. The van der Waals surface area contributed by atoms with E-state index in [1.54, 1.807) is 10.9 Å². The fourth-order valence-corrected chi connectivity index (χ4v) is 3.39. The van der Waals surface area contributed by atoms with Crippen LogP contribution in [0.15, 0.2) is 59.7 Å². The predicted molar refractivity (Wildman–Crippen MR) is 118 cm³/mol. The number of hydrogen-bond donors (Lipinski definition) is 1. The first-order valence-electron chi connectivity index (χ1n) is 9.39. The van der Waals surface area contributed by atoms with Crippen molar-refractivity contribution in [2.45, 2.75) is 27.3 Å². The molecule has 1 N–H and O–H groups in total. The highest BCUT2D eigenvalue weighted by atomic mass is 32.1. The van der Waals surface area contributed by atoms with Gasteiger partial charge in [0.2, 0.25) is 4.77 Å². The minimum absolute atomic E-state index is 0.447. The number of H-pyrrole nitrogens is 1. The summed E-state index contributed by atoms with van der Waals surface area (Å²) < 4.78 is 4.09. The Labute approximate surface area is 174 Å². The van der Waals surface area contributed by atoms with Crippen LogP contribution in [0.5, 0.6) is 0 Å². The molecule has 0 aliphatic heterocycles.